The summed E-state index contributed by atoms with van der Waals surface area (Å²) in [7, 11) is 1.59. The molecule has 4 nitrogen and oxygen atoms in total. The summed E-state index contributed by atoms with van der Waals surface area (Å²) in [5.74, 6) is 1.22. The molecule has 0 N–H and O–H groups in total. The summed E-state index contributed by atoms with van der Waals surface area (Å²) in [6.45, 7) is 5.87. The third-order valence-corrected chi connectivity index (χ3v) is 4.50. The number of nitrogens with zero attached hydrogens (tertiary/aromatic N) is 1. The monoisotopic (exact) mass is 413 g/mol. The van der Waals surface area contributed by atoms with E-state index in [-0.39, 0.29) is 5.88 Å². The lowest BCUT2D eigenvalue weighted by Crippen LogP contribution is -1.96. The Morgan fingerprint density at radius 1 is 1.11 bits per heavy atom. The predicted octanol–water partition coefficient (Wildman–Crippen LogP) is 6.70. The number of rotatable bonds is 6. The molecule has 0 amide bonds. The summed E-state index contributed by atoms with van der Waals surface area (Å²) in [6, 6.07) is 12.2. The summed E-state index contributed by atoms with van der Waals surface area (Å²) >= 11 is 12.0. The SMILES string of the molecule is C=C(C)c1ccc(-c2cnc(Oc3cc(Cl)cc(Cl)c3)c(C=O)c2)c(OC)c1. The van der Waals surface area contributed by atoms with Crippen molar-refractivity contribution in [1.29, 1.82) is 0 Å². The average Bonchev–Trinajstić information content (AvgIpc) is 2.67. The number of ether oxygens (including phenoxy) is 2. The number of allylic oxidation sites excluding steroid dienone is 1. The largest absolute Gasteiger partial charge is 0.496 e. The number of carbonyl (C=O) groups is 1. The molecule has 3 rings (SSSR count). The Balaban J connectivity index is 2.00. The zero-order valence-electron chi connectivity index (χ0n) is 15.3. The van der Waals surface area contributed by atoms with Gasteiger partial charge in [-0.2, -0.15) is 0 Å². The zero-order valence-corrected chi connectivity index (χ0v) is 16.8. The van der Waals surface area contributed by atoms with Gasteiger partial charge in [0.25, 0.3) is 0 Å². The van der Waals surface area contributed by atoms with Crippen LogP contribution in [0.5, 0.6) is 17.4 Å². The van der Waals surface area contributed by atoms with Gasteiger partial charge in [0, 0.05) is 27.4 Å². The van der Waals surface area contributed by atoms with E-state index in [1.807, 2.05) is 25.1 Å². The standard InChI is InChI=1S/C22H17Cl2NO3/c1-13(2)14-4-5-20(21(7-14)27-3)15-6-16(12-26)22(25-11-15)28-19-9-17(23)8-18(24)10-19/h4-12H,1H2,2-3H3. The number of pyridine rings is 1. The van der Waals surface area contributed by atoms with Crippen LogP contribution in [0.25, 0.3) is 16.7 Å². The van der Waals surface area contributed by atoms with Crippen molar-refractivity contribution < 1.29 is 14.3 Å². The third-order valence-electron chi connectivity index (χ3n) is 4.06. The van der Waals surface area contributed by atoms with E-state index < -0.39 is 0 Å². The first kappa shape index (κ1) is 19.9. The number of aldehydes is 1. The van der Waals surface area contributed by atoms with Gasteiger partial charge in [0.15, 0.2) is 6.29 Å². The highest BCUT2D eigenvalue weighted by molar-refractivity contribution is 6.34. The van der Waals surface area contributed by atoms with Crippen LogP contribution in [-0.4, -0.2) is 18.4 Å². The summed E-state index contributed by atoms with van der Waals surface area (Å²) in [5.41, 5.74) is 3.73. The molecule has 1 heterocycles. The molecule has 0 aliphatic heterocycles. The predicted molar refractivity (Wildman–Crippen MR) is 113 cm³/mol. The molecule has 0 bridgehead atoms. The molecule has 0 radical (unpaired) electrons. The van der Waals surface area contributed by atoms with Gasteiger partial charge < -0.3 is 9.47 Å². The van der Waals surface area contributed by atoms with Crippen LogP contribution in [0, 0.1) is 0 Å². The van der Waals surface area contributed by atoms with E-state index >= 15 is 0 Å². The molecule has 0 unspecified atom stereocenters. The van der Waals surface area contributed by atoms with Gasteiger partial charge >= 0.3 is 0 Å². The van der Waals surface area contributed by atoms with Crippen molar-refractivity contribution >= 4 is 35.1 Å². The van der Waals surface area contributed by atoms with Crippen molar-refractivity contribution in [2.75, 3.05) is 7.11 Å². The number of carbonyl (C=O) groups excluding carboxylic acids is 1. The van der Waals surface area contributed by atoms with Crippen LogP contribution in [0.2, 0.25) is 10.0 Å². The summed E-state index contributed by atoms with van der Waals surface area (Å²) < 4.78 is 11.2. The molecule has 0 saturated heterocycles. The van der Waals surface area contributed by atoms with Crippen LogP contribution >= 0.6 is 23.2 Å². The second-order valence-electron chi connectivity index (χ2n) is 6.14. The Morgan fingerprint density at radius 3 is 2.43 bits per heavy atom. The van der Waals surface area contributed by atoms with Crippen molar-refractivity contribution in [2.45, 2.75) is 6.92 Å². The molecule has 0 saturated carbocycles. The minimum absolute atomic E-state index is 0.162. The van der Waals surface area contributed by atoms with E-state index in [2.05, 4.69) is 11.6 Å². The molecular formula is C22H17Cl2NO3. The Morgan fingerprint density at radius 2 is 1.82 bits per heavy atom. The Kier molecular flexibility index (Phi) is 6.02. The molecule has 0 fully saturated rings. The molecule has 0 atom stereocenters. The van der Waals surface area contributed by atoms with Crippen molar-refractivity contribution in [3.63, 3.8) is 0 Å². The van der Waals surface area contributed by atoms with Gasteiger partial charge in [-0.3, -0.25) is 4.79 Å². The molecule has 3 aromatic rings. The van der Waals surface area contributed by atoms with E-state index in [9.17, 15) is 4.79 Å². The maximum Gasteiger partial charge on any atom is 0.229 e. The van der Waals surface area contributed by atoms with E-state index in [0.29, 0.717) is 33.4 Å². The maximum atomic E-state index is 11.6. The van der Waals surface area contributed by atoms with Gasteiger partial charge in [-0.05, 0) is 48.9 Å². The first-order chi connectivity index (χ1) is 13.4. The zero-order chi connectivity index (χ0) is 20.3. The third kappa shape index (κ3) is 4.35. The fraction of sp³-hybridized carbons (Fsp3) is 0.0909. The van der Waals surface area contributed by atoms with Crippen LogP contribution in [0.4, 0.5) is 0 Å². The number of halogens is 2. The number of hydrogen-bond acceptors (Lipinski definition) is 4. The minimum Gasteiger partial charge on any atom is -0.496 e. The van der Waals surface area contributed by atoms with Crippen LogP contribution in [0.3, 0.4) is 0 Å². The van der Waals surface area contributed by atoms with Crippen LogP contribution in [0.15, 0.2) is 55.2 Å². The summed E-state index contributed by atoms with van der Waals surface area (Å²) in [4.78, 5) is 15.9. The van der Waals surface area contributed by atoms with Crippen LogP contribution in [-0.2, 0) is 0 Å². The molecule has 0 aliphatic rings. The molecular weight excluding hydrogens is 397 g/mol. The van der Waals surface area contributed by atoms with E-state index in [0.717, 1.165) is 22.3 Å². The number of aromatic nitrogens is 1. The van der Waals surface area contributed by atoms with Crippen molar-refractivity contribution in [3.05, 3.63) is 76.4 Å². The van der Waals surface area contributed by atoms with Gasteiger partial charge in [-0.25, -0.2) is 4.98 Å². The Bertz CT molecular complexity index is 1040. The normalized spacial score (nSPS) is 10.4. The summed E-state index contributed by atoms with van der Waals surface area (Å²) in [6.07, 6.45) is 2.31. The van der Waals surface area contributed by atoms with Crippen molar-refractivity contribution in [3.8, 4) is 28.5 Å². The topological polar surface area (TPSA) is 48.4 Å². The molecule has 6 heteroatoms. The smallest absolute Gasteiger partial charge is 0.229 e. The van der Waals surface area contributed by atoms with E-state index in [4.69, 9.17) is 32.7 Å². The molecule has 0 aliphatic carbocycles. The molecule has 28 heavy (non-hydrogen) atoms. The van der Waals surface area contributed by atoms with Gasteiger partial charge in [0.1, 0.15) is 11.5 Å². The molecule has 2 aromatic carbocycles. The van der Waals surface area contributed by atoms with Gasteiger partial charge in [0.2, 0.25) is 5.88 Å². The maximum absolute atomic E-state index is 11.6. The lowest BCUT2D eigenvalue weighted by molar-refractivity contribution is 0.112. The average molecular weight is 414 g/mol. The molecule has 142 valence electrons. The lowest BCUT2D eigenvalue weighted by atomic mass is 10.0. The first-order valence-electron chi connectivity index (χ1n) is 8.34. The quantitative estimate of drug-likeness (QED) is 0.421. The van der Waals surface area contributed by atoms with E-state index in [1.165, 1.54) is 0 Å². The number of benzene rings is 2. The fourth-order valence-corrected chi connectivity index (χ4v) is 3.19. The van der Waals surface area contributed by atoms with Gasteiger partial charge in [0.05, 0.1) is 12.7 Å². The van der Waals surface area contributed by atoms with Crippen molar-refractivity contribution in [2.24, 2.45) is 0 Å². The number of hydrogen-bond donors (Lipinski definition) is 0. The summed E-state index contributed by atoms with van der Waals surface area (Å²) in [5, 5.41) is 0.850. The van der Waals surface area contributed by atoms with Crippen LogP contribution < -0.4 is 9.47 Å². The van der Waals surface area contributed by atoms with Crippen molar-refractivity contribution in [1.82, 2.24) is 4.98 Å². The molecule has 1 aromatic heterocycles. The molecule has 0 spiro atoms. The second-order valence-corrected chi connectivity index (χ2v) is 7.01. The highest BCUT2D eigenvalue weighted by Crippen LogP contribution is 2.35. The minimum atomic E-state index is 0.162. The first-order valence-corrected chi connectivity index (χ1v) is 9.10. The Labute approximate surface area is 173 Å². The van der Waals surface area contributed by atoms with Crippen LogP contribution in [0.1, 0.15) is 22.8 Å². The van der Waals surface area contributed by atoms with E-state index in [1.54, 1.807) is 37.6 Å². The van der Waals surface area contributed by atoms with Gasteiger partial charge in [-0.15, -0.1) is 0 Å². The number of methoxy groups -OCH3 is 1. The fourth-order valence-electron chi connectivity index (χ4n) is 2.68. The lowest BCUT2D eigenvalue weighted by Gasteiger charge is -2.13. The highest BCUT2D eigenvalue weighted by atomic mass is 35.5. The highest BCUT2D eigenvalue weighted by Gasteiger charge is 2.13. The Hall–Kier alpha value is -2.82. The van der Waals surface area contributed by atoms with Gasteiger partial charge in [-0.1, -0.05) is 41.4 Å². The second kappa shape index (κ2) is 8.46.